The van der Waals surface area contributed by atoms with Crippen molar-refractivity contribution >= 4 is 65.9 Å². The molecule has 0 spiro atoms. The molecule has 0 aliphatic rings. The molecule has 20 heteroatoms. The van der Waals surface area contributed by atoms with Crippen LogP contribution < -0.4 is 6.15 Å². The van der Waals surface area contributed by atoms with E-state index in [1.165, 1.54) is 0 Å². The van der Waals surface area contributed by atoms with Crippen LogP contribution in [0.5, 0.6) is 0 Å². The van der Waals surface area contributed by atoms with Crippen molar-refractivity contribution in [3.8, 4) is 0 Å². The van der Waals surface area contributed by atoms with Crippen molar-refractivity contribution in [3.63, 3.8) is 0 Å². The summed E-state index contributed by atoms with van der Waals surface area (Å²) >= 11 is 0. The maximum atomic E-state index is 8.52. The van der Waals surface area contributed by atoms with Gasteiger partial charge in [0.25, 0.3) is 0 Å². The zero-order valence-corrected chi connectivity index (χ0v) is 13.7. The van der Waals surface area contributed by atoms with Gasteiger partial charge in [0.05, 0.1) is 0 Å². The van der Waals surface area contributed by atoms with Crippen LogP contribution in [-0.2, 0) is 31.2 Å². The molecule has 120 valence electrons. The summed E-state index contributed by atoms with van der Waals surface area (Å²) in [6.07, 6.45) is 0. The zero-order valence-electron chi connectivity index (χ0n) is 8.99. The Labute approximate surface area is 135 Å². The van der Waals surface area contributed by atoms with E-state index in [2.05, 4.69) is 0 Å². The first kappa shape index (κ1) is 49.9. The van der Waals surface area contributed by atoms with E-state index in [-0.39, 0.29) is 51.8 Å². The second-order valence-corrected chi connectivity index (χ2v) is 3.67. The second kappa shape index (κ2) is 19.6. The first-order chi connectivity index (χ1) is 6.00. The molecule has 0 aromatic heterocycles. The van der Waals surface area contributed by atoms with E-state index < -0.39 is 31.2 Å². The molecule has 20 heavy (non-hydrogen) atoms. The van der Waals surface area contributed by atoms with E-state index in [1.807, 2.05) is 0 Å². The molecule has 0 heterocycles. The summed E-state index contributed by atoms with van der Waals surface area (Å²) in [6.45, 7) is 0. The summed E-state index contributed by atoms with van der Waals surface area (Å²) < 4.78 is 102. The second-order valence-electron chi connectivity index (χ2n) is 1.22. The van der Waals surface area contributed by atoms with Gasteiger partial charge >= 0.3 is 34.7 Å². The van der Waals surface area contributed by atoms with Crippen molar-refractivity contribution in [1.29, 1.82) is 0 Å². The van der Waals surface area contributed by atoms with Gasteiger partial charge in [0.1, 0.15) is 0 Å². The summed E-state index contributed by atoms with van der Waals surface area (Å²) in [5.41, 5.74) is 0. The van der Waals surface area contributed by atoms with Gasteiger partial charge in [-0.1, -0.05) is 0 Å². The Morgan fingerprint density at radius 2 is 0.450 bits per heavy atom. The van der Waals surface area contributed by atoms with Gasteiger partial charge in [-0.3, -0.25) is 25.3 Å². The van der Waals surface area contributed by atoms with E-state index in [0.717, 1.165) is 0 Å². The van der Waals surface area contributed by atoms with Gasteiger partial charge in [-0.05, 0) is 0 Å². The van der Waals surface area contributed by atoms with Crippen molar-refractivity contribution in [3.05, 3.63) is 0 Å². The largest absolute Gasteiger partial charge is 3.00 e. The molecule has 0 radical (unpaired) electrons. The van der Waals surface area contributed by atoms with Crippen molar-refractivity contribution in [2.45, 2.75) is 0 Å². The third-order valence-corrected chi connectivity index (χ3v) is 0. The van der Waals surface area contributed by atoms with Crippen LogP contribution in [0.4, 0.5) is 0 Å². The molecule has 0 aliphatic carbocycles. The molecule has 7 N–H and O–H groups in total. The molecule has 0 saturated carbocycles. The molecule has 0 aliphatic heterocycles. The third-order valence-electron chi connectivity index (χ3n) is 0. The van der Waals surface area contributed by atoms with Crippen molar-refractivity contribution in [1.82, 2.24) is 6.15 Å². The Bertz CT molecular complexity index is 347. The van der Waals surface area contributed by atoms with E-state index in [1.54, 1.807) is 0 Å². The molecule has 0 saturated heterocycles. The Morgan fingerprint density at radius 3 is 0.450 bits per heavy atom. The standard InChI is InChI=1S/2Al.H3N.3H2O4S.2H2O/c;;;3*1-5(2,3)4;;/h;;1H3;3*(H2,1,2,3,4);2*1H2/q2*+3;;;;;;/p-6. The average Bonchev–Trinajstić information content (AvgIpc) is 1.41. The van der Waals surface area contributed by atoms with Crippen LogP contribution in [0, 0.1) is 0 Å². The van der Waals surface area contributed by atoms with Gasteiger partial charge in [0.15, 0.2) is 0 Å². The first-order valence-corrected chi connectivity index (χ1v) is 6.00. The molecular weight excluding hydrogens is 388 g/mol. The van der Waals surface area contributed by atoms with Crippen LogP contribution in [0.2, 0.25) is 0 Å². The Morgan fingerprint density at radius 1 is 0.450 bits per heavy atom. The van der Waals surface area contributed by atoms with Crippen LogP contribution in [0.1, 0.15) is 0 Å². The van der Waals surface area contributed by atoms with Gasteiger partial charge in [-0.25, -0.2) is 0 Å². The van der Waals surface area contributed by atoms with Gasteiger partial charge in [0, 0.05) is 31.2 Å². The molecule has 0 rings (SSSR count). The zero-order chi connectivity index (χ0) is 13.5. The quantitative estimate of drug-likeness (QED) is 0.227. The fourth-order valence-electron chi connectivity index (χ4n) is 0. The summed E-state index contributed by atoms with van der Waals surface area (Å²) in [7, 11) is -15.5. The predicted molar refractivity (Wildman–Crippen MR) is 55.2 cm³/mol. The van der Waals surface area contributed by atoms with Gasteiger partial charge in [-0.2, -0.15) is 0 Å². The summed E-state index contributed by atoms with van der Waals surface area (Å²) in [5, 5.41) is 0. The minimum atomic E-state index is -5.17. The Balaban J connectivity index is -0.0000000160. The van der Waals surface area contributed by atoms with Crippen LogP contribution in [0.3, 0.4) is 0 Å². The third kappa shape index (κ3) is 18600. The normalized spacial score (nSPS) is 8.70. The SMILES string of the molecule is N.O.O.O=S(=O)([O-])[O-].O=S(=O)([O-])[O-].O=S(=O)([O-])[O-].[Al+3].[Al+3]. The van der Waals surface area contributed by atoms with Crippen molar-refractivity contribution in [2.75, 3.05) is 0 Å². The molecule has 0 aromatic carbocycles. The van der Waals surface area contributed by atoms with Crippen LogP contribution >= 0.6 is 0 Å². The molecule has 0 aromatic rings. The van der Waals surface area contributed by atoms with Gasteiger partial charge in [-0.15, -0.1) is 0 Å². The predicted octanol–water partition coefficient (Wildman–Crippen LogP) is -6.26. The van der Waals surface area contributed by atoms with Gasteiger partial charge < -0.3 is 44.4 Å². The number of rotatable bonds is 0. The molecule has 0 unspecified atom stereocenters. The molecule has 0 atom stereocenters. The summed E-state index contributed by atoms with van der Waals surface area (Å²) in [6, 6.07) is 0. The summed E-state index contributed by atoms with van der Waals surface area (Å²) in [4.78, 5) is 0. The molecule has 0 amide bonds. The van der Waals surface area contributed by atoms with Crippen molar-refractivity contribution < 1.29 is 63.5 Å². The smallest absolute Gasteiger partial charge is 0.759 e. The van der Waals surface area contributed by atoms with Crippen LogP contribution in [0.25, 0.3) is 0 Å². The maximum absolute atomic E-state index is 8.52. The molecule has 0 bridgehead atoms. The van der Waals surface area contributed by atoms with E-state index in [9.17, 15) is 0 Å². The number of hydrogen-bond acceptors (Lipinski definition) is 13. The molecular formula is H7Al2NO14S3. The van der Waals surface area contributed by atoms with Gasteiger partial charge in [0.2, 0.25) is 0 Å². The summed E-state index contributed by atoms with van der Waals surface area (Å²) in [5.74, 6) is 0. The van der Waals surface area contributed by atoms with Crippen LogP contribution in [-0.4, -0.2) is 98.2 Å². The average molecular weight is 395 g/mol. The first-order valence-electron chi connectivity index (χ1n) is 2.00. The molecule has 15 nitrogen and oxygen atoms in total. The Kier molecular flexibility index (Phi) is 48.8. The van der Waals surface area contributed by atoms with Crippen molar-refractivity contribution in [2.24, 2.45) is 0 Å². The van der Waals surface area contributed by atoms with Crippen LogP contribution in [0.15, 0.2) is 0 Å². The monoisotopic (exact) mass is 395 g/mol. The molecule has 0 fully saturated rings. The maximum Gasteiger partial charge on any atom is 3.00 e. The minimum absolute atomic E-state index is 0. The van der Waals surface area contributed by atoms with E-state index in [0.29, 0.717) is 0 Å². The Hall–Kier alpha value is 0.555. The topological polar surface area (TPSA) is 339 Å². The number of hydrogen-bond donors (Lipinski definition) is 1. The van der Waals surface area contributed by atoms with E-state index in [4.69, 9.17) is 52.6 Å². The van der Waals surface area contributed by atoms with E-state index >= 15 is 0 Å². The fraction of sp³-hybridized carbons (Fsp3) is 0. The fourth-order valence-corrected chi connectivity index (χ4v) is 0. The minimum Gasteiger partial charge on any atom is -0.759 e.